The lowest BCUT2D eigenvalue weighted by molar-refractivity contribution is 0.956. The van der Waals surface area contributed by atoms with Gasteiger partial charge < -0.3 is 11.1 Å². The molecule has 11 heavy (non-hydrogen) atoms. The minimum Gasteiger partial charge on any atom is -0.396 e. The Morgan fingerprint density at radius 3 is 3.00 bits per heavy atom. The molecule has 1 aromatic heterocycles. The zero-order valence-corrected chi connectivity index (χ0v) is 5.96. The molecule has 0 atom stereocenters. The molecule has 2 heterocycles. The van der Waals surface area contributed by atoms with Gasteiger partial charge in [-0.1, -0.05) is 0 Å². The average Bonchev–Trinajstić information content (AvgIpc) is 2.55. The molecule has 5 heteroatoms. The summed E-state index contributed by atoms with van der Waals surface area (Å²) >= 11 is 0. The number of nitrogen functional groups attached to an aromatic ring is 1. The quantitative estimate of drug-likeness (QED) is 0.498. The van der Waals surface area contributed by atoms with Crippen LogP contribution in [0.4, 0.5) is 5.69 Å². The van der Waals surface area contributed by atoms with Crippen LogP contribution >= 0.6 is 0 Å². The van der Waals surface area contributed by atoms with Crippen LogP contribution in [-0.4, -0.2) is 29.1 Å². The SMILES string of the molecule is Nc1cn[nH]c1C1=NCCN1. The highest BCUT2D eigenvalue weighted by atomic mass is 15.2. The van der Waals surface area contributed by atoms with E-state index >= 15 is 0 Å². The summed E-state index contributed by atoms with van der Waals surface area (Å²) in [7, 11) is 0. The first-order chi connectivity index (χ1) is 5.38. The third-order valence-electron chi connectivity index (χ3n) is 1.58. The van der Waals surface area contributed by atoms with Crippen molar-refractivity contribution < 1.29 is 0 Å². The maximum Gasteiger partial charge on any atom is 0.148 e. The monoisotopic (exact) mass is 151 g/mol. The molecule has 0 saturated heterocycles. The molecule has 0 amide bonds. The number of amidine groups is 1. The molecule has 2 rings (SSSR count). The molecule has 4 N–H and O–H groups in total. The third-order valence-corrected chi connectivity index (χ3v) is 1.58. The van der Waals surface area contributed by atoms with Gasteiger partial charge >= 0.3 is 0 Å². The van der Waals surface area contributed by atoms with E-state index in [2.05, 4.69) is 20.5 Å². The maximum absolute atomic E-state index is 5.61. The van der Waals surface area contributed by atoms with Crippen LogP contribution in [0, 0.1) is 0 Å². The first-order valence-corrected chi connectivity index (χ1v) is 3.45. The molecule has 0 aliphatic carbocycles. The summed E-state index contributed by atoms with van der Waals surface area (Å²) in [6, 6.07) is 0. The summed E-state index contributed by atoms with van der Waals surface area (Å²) in [4.78, 5) is 4.19. The summed E-state index contributed by atoms with van der Waals surface area (Å²) in [6.45, 7) is 1.70. The summed E-state index contributed by atoms with van der Waals surface area (Å²) in [5.74, 6) is 0.819. The van der Waals surface area contributed by atoms with Crippen molar-refractivity contribution in [2.45, 2.75) is 0 Å². The first kappa shape index (κ1) is 6.21. The molecule has 5 nitrogen and oxygen atoms in total. The Bertz CT molecular complexity index is 287. The fourth-order valence-electron chi connectivity index (χ4n) is 1.05. The Kier molecular flexibility index (Phi) is 1.28. The van der Waals surface area contributed by atoms with E-state index in [4.69, 9.17) is 5.73 Å². The van der Waals surface area contributed by atoms with Crippen LogP contribution in [0.5, 0.6) is 0 Å². The molecule has 0 radical (unpaired) electrons. The minimum atomic E-state index is 0.637. The Morgan fingerprint density at radius 1 is 1.55 bits per heavy atom. The van der Waals surface area contributed by atoms with Gasteiger partial charge in [-0.15, -0.1) is 0 Å². The fraction of sp³-hybridized carbons (Fsp3) is 0.333. The number of aliphatic imine (C=N–C) groups is 1. The van der Waals surface area contributed by atoms with Gasteiger partial charge in [-0.05, 0) is 0 Å². The highest BCUT2D eigenvalue weighted by molar-refractivity contribution is 6.01. The van der Waals surface area contributed by atoms with Crippen LogP contribution in [0.2, 0.25) is 0 Å². The predicted molar refractivity (Wildman–Crippen MR) is 42.4 cm³/mol. The van der Waals surface area contributed by atoms with Gasteiger partial charge in [0.1, 0.15) is 11.5 Å². The number of aromatic amines is 1. The number of H-pyrrole nitrogens is 1. The van der Waals surface area contributed by atoms with Gasteiger partial charge in [0.25, 0.3) is 0 Å². The lowest BCUT2D eigenvalue weighted by atomic mass is 10.3. The maximum atomic E-state index is 5.61. The van der Waals surface area contributed by atoms with Crippen molar-refractivity contribution in [2.75, 3.05) is 18.8 Å². The van der Waals surface area contributed by atoms with Crippen LogP contribution in [0.25, 0.3) is 0 Å². The van der Waals surface area contributed by atoms with Crippen molar-refractivity contribution in [3.8, 4) is 0 Å². The van der Waals surface area contributed by atoms with Crippen LogP contribution in [0.3, 0.4) is 0 Å². The largest absolute Gasteiger partial charge is 0.396 e. The summed E-state index contributed by atoms with van der Waals surface area (Å²) in [5.41, 5.74) is 7.04. The number of hydrogen-bond donors (Lipinski definition) is 3. The second kappa shape index (κ2) is 2.26. The minimum absolute atomic E-state index is 0.637. The molecular weight excluding hydrogens is 142 g/mol. The summed E-state index contributed by atoms with van der Waals surface area (Å²) in [5, 5.41) is 9.67. The Balaban J connectivity index is 2.35. The van der Waals surface area contributed by atoms with Gasteiger partial charge in [0.2, 0.25) is 0 Å². The molecule has 1 aliphatic heterocycles. The number of anilines is 1. The standard InChI is InChI=1S/C6H9N5/c7-4-3-10-11-5(4)6-8-1-2-9-6/h3H,1-2,7H2,(H,8,9)(H,10,11). The van der Waals surface area contributed by atoms with E-state index in [0.717, 1.165) is 24.6 Å². The average molecular weight is 151 g/mol. The van der Waals surface area contributed by atoms with Crippen LogP contribution in [-0.2, 0) is 0 Å². The van der Waals surface area contributed by atoms with E-state index in [1.807, 2.05) is 0 Å². The fourth-order valence-corrected chi connectivity index (χ4v) is 1.05. The lowest BCUT2D eigenvalue weighted by Crippen LogP contribution is -2.20. The second-order valence-corrected chi connectivity index (χ2v) is 2.36. The highest BCUT2D eigenvalue weighted by Crippen LogP contribution is 2.07. The molecule has 0 bridgehead atoms. The zero-order chi connectivity index (χ0) is 7.68. The number of nitrogens with zero attached hydrogens (tertiary/aromatic N) is 2. The van der Waals surface area contributed by atoms with Crippen molar-refractivity contribution >= 4 is 11.5 Å². The van der Waals surface area contributed by atoms with E-state index in [1.165, 1.54) is 0 Å². The smallest absolute Gasteiger partial charge is 0.148 e. The molecule has 0 spiro atoms. The van der Waals surface area contributed by atoms with Crippen molar-refractivity contribution in [2.24, 2.45) is 4.99 Å². The Morgan fingerprint density at radius 2 is 2.45 bits per heavy atom. The lowest BCUT2D eigenvalue weighted by Gasteiger charge is -1.97. The molecule has 0 unspecified atom stereocenters. The molecule has 1 aliphatic rings. The molecular formula is C6H9N5. The molecule has 0 aromatic carbocycles. The van der Waals surface area contributed by atoms with Gasteiger partial charge in [-0.2, -0.15) is 5.10 Å². The first-order valence-electron chi connectivity index (χ1n) is 3.45. The van der Waals surface area contributed by atoms with E-state index in [1.54, 1.807) is 6.20 Å². The number of hydrogen-bond acceptors (Lipinski definition) is 4. The normalized spacial score (nSPS) is 16.2. The van der Waals surface area contributed by atoms with Crippen molar-refractivity contribution in [1.29, 1.82) is 0 Å². The Labute approximate surface area is 63.7 Å². The molecule has 0 saturated carbocycles. The number of nitrogens with two attached hydrogens (primary N) is 1. The van der Waals surface area contributed by atoms with E-state index in [-0.39, 0.29) is 0 Å². The van der Waals surface area contributed by atoms with Gasteiger partial charge in [-0.25, -0.2) is 0 Å². The second-order valence-electron chi connectivity index (χ2n) is 2.36. The van der Waals surface area contributed by atoms with E-state index in [9.17, 15) is 0 Å². The third kappa shape index (κ3) is 0.938. The summed E-state index contributed by atoms with van der Waals surface area (Å²) in [6.07, 6.45) is 1.58. The number of rotatable bonds is 1. The van der Waals surface area contributed by atoms with Gasteiger partial charge in [0.15, 0.2) is 0 Å². The predicted octanol–water partition coefficient (Wildman–Crippen LogP) is -0.658. The van der Waals surface area contributed by atoms with Crippen molar-refractivity contribution in [3.63, 3.8) is 0 Å². The zero-order valence-electron chi connectivity index (χ0n) is 5.96. The molecule has 58 valence electrons. The van der Waals surface area contributed by atoms with Crippen LogP contribution in [0.15, 0.2) is 11.2 Å². The van der Waals surface area contributed by atoms with Crippen LogP contribution < -0.4 is 11.1 Å². The van der Waals surface area contributed by atoms with Gasteiger partial charge in [0.05, 0.1) is 18.4 Å². The number of aromatic nitrogens is 2. The molecule has 0 fully saturated rings. The number of nitrogens with one attached hydrogen (secondary N) is 2. The highest BCUT2D eigenvalue weighted by Gasteiger charge is 2.11. The van der Waals surface area contributed by atoms with E-state index < -0.39 is 0 Å². The summed E-state index contributed by atoms with van der Waals surface area (Å²) < 4.78 is 0. The Hall–Kier alpha value is -1.52. The van der Waals surface area contributed by atoms with Gasteiger partial charge in [0, 0.05) is 6.54 Å². The van der Waals surface area contributed by atoms with Crippen molar-refractivity contribution in [1.82, 2.24) is 15.5 Å². The van der Waals surface area contributed by atoms with E-state index in [0.29, 0.717) is 5.69 Å². The molecule has 1 aromatic rings. The van der Waals surface area contributed by atoms with Gasteiger partial charge in [-0.3, -0.25) is 10.1 Å². The topological polar surface area (TPSA) is 79.1 Å². The van der Waals surface area contributed by atoms with Crippen LogP contribution in [0.1, 0.15) is 5.69 Å². The van der Waals surface area contributed by atoms with Crippen molar-refractivity contribution in [3.05, 3.63) is 11.9 Å².